The van der Waals surface area contributed by atoms with E-state index >= 15 is 0 Å². The summed E-state index contributed by atoms with van der Waals surface area (Å²) < 4.78 is 0. The first-order chi connectivity index (χ1) is 3.41. The monoisotopic (exact) mass is 162 g/mol. The second kappa shape index (κ2) is 6.22. The lowest BCUT2D eigenvalue weighted by Gasteiger charge is -1.78. The normalized spacial score (nSPS) is 10.6. The molecule has 0 N–H and O–H groups in total. The first-order valence-corrected chi connectivity index (χ1v) is 3.75. The number of hydrogen-bond acceptors (Lipinski definition) is 0. The van der Waals surface area contributed by atoms with Gasteiger partial charge in [-0.1, -0.05) is 35.0 Å². The minimum Gasteiger partial charge on any atom is -0.0925 e. The molecule has 0 heterocycles. The molecule has 0 aliphatic carbocycles. The highest BCUT2D eigenvalue weighted by atomic mass is 79.9. The summed E-state index contributed by atoms with van der Waals surface area (Å²) in [7, 11) is 0. The highest BCUT2D eigenvalue weighted by molar-refractivity contribution is 9.09. The van der Waals surface area contributed by atoms with Crippen molar-refractivity contribution in [2.24, 2.45) is 0 Å². The zero-order chi connectivity index (χ0) is 5.54. The van der Waals surface area contributed by atoms with Crippen LogP contribution in [-0.2, 0) is 0 Å². The van der Waals surface area contributed by atoms with Gasteiger partial charge in [0.15, 0.2) is 0 Å². The maximum Gasteiger partial charge on any atom is 0.00659 e. The summed E-state index contributed by atoms with van der Waals surface area (Å²) in [5, 5.41) is 1.09. The van der Waals surface area contributed by atoms with Crippen LogP contribution in [0.1, 0.15) is 19.8 Å². The van der Waals surface area contributed by atoms with E-state index in [2.05, 4.69) is 35.0 Å². The van der Waals surface area contributed by atoms with E-state index in [0.717, 1.165) is 18.2 Å². The molecule has 0 nitrogen and oxygen atoms in total. The Labute approximate surface area is 53.7 Å². The van der Waals surface area contributed by atoms with Crippen molar-refractivity contribution in [2.75, 3.05) is 5.33 Å². The van der Waals surface area contributed by atoms with Gasteiger partial charge in [-0.3, -0.25) is 0 Å². The average Bonchev–Trinajstić information content (AvgIpc) is 1.69. The van der Waals surface area contributed by atoms with Gasteiger partial charge in [0, 0.05) is 5.33 Å². The van der Waals surface area contributed by atoms with Crippen LogP contribution >= 0.6 is 15.9 Å². The zero-order valence-corrected chi connectivity index (χ0v) is 6.24. The first kappa shape index (κ1) is 7.22. The predicted octanol–water partition coefficient (Wildman–Crippen LogP) is 2.74. The fourth-order valence-corrected chi connectivity index (χ4v) is 0.612. The van der Waals surface area contributed by atoms with Crippen LogP contribution in [-0.4, -0.2) is 5.33 Å². The molecule has 0 rings (SSSR count). The van der Waals surface area contributed by atoms with E-state index in [1.807, 2.05) is 0 Å². The summed E-state index contributed by atoms with van der Waals surface area (Å²) in [5.74, 6) is 0. The number of allylic oxidation sites excluding steroid dienone is 2. The quantitative estimate of drug-likeness (QED) is 0.443. The number of alkyl halides is 1. The summed E-state index contributed by atoms with van der Waals surface area (Å²) in [6.45, 7) is 2.14. The lowest BCUT2D eigenvalue weighted by atomic mass is 10.4. The van der Waals surface area contributed by atoms with Crippen LogP contribution in [0.15, 0.2) is 12.2 Å². The van der Waals surface area contributed by atoms with Crippen molar-refractivity contribution in [1.82, 2.24) is 0 Å². The molecule has 0 spiro atoms. The number of hydrogen-bond donors (Lipinski definition) is 0. The van der Waals surface area contributed by atoms with E-state index in [4.69, 9.17) is 0 Å². The lowest BCUT2D eigenvalue weighted by Crippen LogP contribution is -1.63. The average molecular weight is 163 g/mol. The van der Waals surface area contributed by atoms with Gasteiger partial charge in [0.1, 0.15) is 0 Å². The van der Waals surface area contributed by atoms with Gasteiger partial charge in [0.25, 0.3) is 0 Å². The second-order valence-electron chi connectivity index (χ2n) is 1.36. The standard InChI is InChI=1S/C6H11Br/c1-2-3-4-5-6-7/h3-4H,2,5-6H2,1H3/b4-3-. The van der Waals surface area contributed by atoms with Gasteiger partial charge >= 0.3 is 0 Å². The molecule has 0 aliphatic heterocycles. The maximum absolute atomic E-state index is 3.33. The Morgan fingerprint density at radius 1 is 1.43 bits per heavy atom. The molecule has 0 unspecified atom stereocenters. The van der Waals surface area contributed by atoms with Crippen LogP contribution < -0.4 is 0 Å². The van der Waals surface area contributed by atoms with Crippen LogP contribution in [0.5, 0.6) is 0 Å². The van der Waals surface area contributed by atoms with Gasteiger partial charge in [0.2, 0.25) is 0 Å². The van der Waals surface area contributed by atoms with Crippen molar-refractivity contribution in [1.29, 1.82) is 0 Å². The summed E-state index contributed by atoms with van der Waals surface area (Å²) >= 11 is 3.33. The Balaban J connectivity index is 2.78. The summed E-state index contributed by atoms with van der Waals surface area (Å²) in [4.78, 5) is 0. The molecule has 0 aromatic rings. The molecular formula is C6H11Br. The zero-order valence-electron chi connectivity index (χ0n) is 4.65. The van der Waals surface area contributed by atoms with E-state index in [1.54, 1.807) is 0 Å². The van der Waals surface area contributed by atoms with Gasteiger partial charge in [0.05, 0.1) is 0 Å². The SMILES string of the molecule is CC/C=C\CCBr. The van der Waals surface area contributed by atoms with Gasteiger partial charge in [-0.2, -0.15) is 0 Å². The van der Waals surface area contributed by atoms with E-state index < -0.39 is 0 Å². The molecule has 7 heavy (non-hydrogen) atoms. The van der Waals surface area contributed by atoms with Crippen LogP contribution in [0.4, 0.5) is 0 Å². The molecule has 0 aromatic carbocycles. The Morgan fingerprint density at radius 3 is 2.57 bits per heavy atom. The van der Waals surface area contributed by atoms with Gasteiger partial charge in [-0.25, -0.2) is 0 Å². The molecule has 0 fully saturated rings. The largest absolute Gasteiger partial charge is 0.0925 e. The Morgan fingerprint density at radius 2 is 2.14 bits per heavy atom. The molecule has 0 amide bonds. The number of rotatable bonds is 3. The van der Waals surface area contributed by atoms with Crippen molar-refractivity contribution in [3.63, 3.8) is 0 Å². The summed E-state index contributed by atoms with van der Waals surface area (Å²) in [6.07, 6.45) is 6.69. The third-order valence-electron chi connectivity index (χ3n) is 0.678. The van der Waals surface area contributed by atoms with Gasteiger partial charge < -0.3 is 0 Å². The highest BCUT2D eigenvalue weighted by Gasteiger charge is 1.69. The molecule has 0 atom stereocenters. The van der Waals surface area contributed by atoms with Gasteiger partial charge in [-0.05, 0) is 12.8 Å². The van der Waals surface area contributed by atoms with E-state index in [9.17, 15) is 0 Å². The third kappa shape index (κ3) is 6.22. The van der Waals surface area contributed by atoms with Crippen LogP contribution in [0.2, 0.25) is 0 Å². The molecule has 0 bridgehead atoms. The van der Waals surface area contributed by atoms with Crippen molar-refractivity contribution < 1.29 is 0 Å². The van der Waals surface area contributed by atoms with Crippen molar-refractivity contribution in [2.45, 2.75) is 19.8 Å². The fraction of sp³-hybridized carbons (Fsp3) is 0.667. The van der Waals surface area contributed by atoms with E-state index in [0.29, 0.717) is 0 Å². The summed E-state index contributed by atoms with van der Waals surface area (Å²) in [6, 6.07) is 0. The highest BCUT2D eigenvalue weighted by Crippen LogP contribution is 1.89. The topological polar surface area (TPSA) is 0 Å². The molecule has 0 saturated carbocycles. The lowest BCUT2D eigenvalue weighted by molar-refractivity contribution is 1.17. The van der Waals surface area contributed by atoms with Crippen LogP contribution in [0.3, 0.4) is 0 Å². The third-order valence-corrected chi connectivity index (χ3v) is 1.14. The molecular weight excluding hydrogens is 152 g/mol. The maximum atomic E-state index is 3.33. The first-order valence-electron chi connectivity index (χ1n) is 2.62. The molecule has 42 valence electrons. The fourth-order valence-electron chi connectivity index (χ4n) is 0.348. The van der Waals surface area contributed by atoms with Crippen LogP contribution in [0, 0.1) is 0 Å². The second-order valence-corrected chi connectivity index (χ2v) is 2.15. The Hall–Kier alpha value is 0.220. The predicted molar refractivity (Wildman–Crippen MR) is 37.8 cm³/mol. The molecule has 0 saturated heterocycles. The molecule has 0 aromatic heterocycles. The Bertz CT molecular complexity index is 48.1. The summed E-state index contributed by atoms with van der Waals surface area (Å²) in [5.41, 5.74) is 0. The molecule has 0 radical (unpaired) electrons. The van der Waals surface area contributed by atoms with Crippen molar-refractivity contribution >= 4 is 15.9 Å². The van der Waals surface area contributed by atoms with E-state index in [-0.39, 0.29) is 0 Å². The smallest absolute Gasteiger partial charge is 0.00659 e. The van der Waals surface area contributed by atoms with Crippen molar-refractivity contribution in [3.8, 4) is 0 Å². The van der Waals surface area contributed by atoms with Crippen LogP contribution in [0.25, 0.3) is 0 Å². The van der Waals surface area contributed by atoms with Crippen molar-refractivity contribution in [3.05, 3.63) is 12.2 Å². The Kier molecular flexibility index (Phi) is 6.42. The van der Waals surface area contributed by atoms with Gasteiger partial charge in [-0.15, -0.1) is 0 Å². The molecule has 1 heteroatoms. The minimum atomic E-state index is 1.09. The number of halogens is 1. The molecule has 0 aliphatic rings. The minimum absolute atomic E-state index is 1.09. The van der Waals surface area contributed by atoms with E-state index in [1.165, 1.54) is 0 Å².